The van der Waals surface area contributed by atoms with Gasteiger partial charge in [-0.25, -0.2) is 0 Å². The minimum atomic E-state index is 0.155. The fourth-order valence-corrected chi connectivity index (χ4v) is 1.98. The van der Waals surface area contributed by atoms with Crippen LogP contribution >= 0.6 is 0 Å². The number of methoxy groups -OCH3 is 1. The smallest absolute Gasteiger partial charge is 0.160 e. The van der Waals surface area contributed by atoms with Gasteiger partial charge in [0.2, 0.25) is 0 Å². The van der Waals surface area contributed by atoms with Crippen molar-refractivity contribution in [1.82, 2.24) is 9.78 Å². The highest BCUT2D eigenvalue weighted by molar-refractivity contribution is 5.44. The molecule has 0 aliphatic heterocycles. The van der Waals surface area contributed by atoms with E-state index in [1.54, 1.807) is 12.1 Å². The van der Waals surface area contributed by atoms with Gasteiger partial charge in [-0.15, -0.1) is 0 Å². The number of nitrogens with zero attached hydrogens (tertiary/aromatic N) is 2. The van der Waals surface area contributed by atoms with Crippen molar-refractivity contribution in [1.29, 1.82) is 0 Å². The lowest BCUT2D eigenvalue weighted by Crippen LogP contribution is -2.04. The van der Waals surface area contributed by atoms with Gasteiger partial charge < -0.3 is 15.2 Å². The molecular weight excluding hydrogens is 254 g/mol. The maximum absolute atomic E-state index is 9.72. The number of aromatic hydroxyl groups is 1. The van der Waals surface area contributed by atoms with Gasteiger partial charge in [0, 0.05) is 19.3 Å². The summed E-state index contributed by atoms with van der Waals surface area (Å²) in [5, 5.41) is 17.3. The highest BCUT2D eigenvalue weighted by atomic mass is 16.5. The van der Waals surface area contributed by atoms with Crippen LogP contribution in [0.5, 0.6) is 11.5 Å². The van der Waals surface area contributed by atoms with E-state index in [-0.39, 0.29) is 5.75 Å². The Labute approximate surface area is 119 Å². The molecule has 2 aromatic rings. The molecule has 0 atom stereocenters. The third-order valence-electron chi connectivity index (χ3n) is 2.93. The minimum absolute atomic E-state index is 0.155. The van der Waals surface area contributed by atoms with E-state index in [0.29, 0.717) is 18.2 Å². The molecule has 0 unspecified atom stereocenters. The second-order valence-electron chi connectivity index (χ2n) is 5.20. The zero-order valence-corrected chi connectivity index (χ0v) is 12.1. The van der Waals surface area contributed by atoms with Crippen LogP contribution in [-0.2, 0) is 13.1 Å². The van der Waals surface area contributed by atoms with Crippen LogP contribution in [0.1, 0.15) is 19.4 Å². The number of benzene rings is 1. The predicted octanol–water partition coefficient (Wildman–Crippen LogP) is 2.87. The standard InChI is InChI=1S/C15H21N3O2/c1-11(2)9-18-10-13(8-17-18)16-7-12-4-5-15(20-3)14(19)6-12/h4-6,8,10-11,16,19H,7,9H2,1-3H3. The number of anilines is 1. The van der Waals surface area contributed by atoms with Gasteiger partial charge in [0.25, 0.3) is 0 Å². The van der Waals surface area contributed by atoms with Gasteiger partial charge in [0.15, 0.2) is 11.5 Å². The summed E-state index contributed by atoms with van der Waals surface area (Å²) < 4.78 is 6.95. The summed E-state index contributed by atoms with van der Waals surface area (Å²) in [7, 11) is 1.54. The molecule has 2 rings (SSSR count). The minimum Gasteiger partial charge on any atom is -0.504 e. The summed E-state index contributed by atoms with van der Waals surface area (Å²) in [5.74, 6) is 1.21. The Morgan fingerprint density at radius 3 is 2.85 bits per heavy atom. The van der Waals surface area contributed by atoms with Gasteiger partial charge in [-0.2, -0.15) is 5.10 Å². The maximum Gasteiger partial charge on any atom is 0.160 e. The number of phenolic OH excluding ortho intramolecular Hbond substituents is 1. The highest BCUT2D eigenvalue weighted by Gasteiger charge is 2.04. The molecule has 0 aliphatic rings. The Kier molecular flexibility index (Phi) is 4.50. The molecule has 1 heterocycles. The molecule has 5 nitrogen and oxygen atoms in total. The van der Waals surface area contributed by atoms with Crippen molar-refractivity contribution >= 4 is 5.69 Å². The largest absolute Gasteiger partial charge is 0.504 e. The number of nitrogens with one attached hydrogen (secondary N) is 1. The second-order valence-corrected chi connectivity index (χ2v) is 5.20. The van der Waals surface area contributed by atoms with E-state index >= 15 is 0 Å². The van der Waals surface area contributed by atoms with Gasteiger partial charge in [0.05, 0.1) is 19.0 Å². The van der Waals surface area contributed by atoms with Gasteiger partial charge in [-0.3, -0.25) is 4.68 Å². The second kappa shape index (κ2) is 6.32. The average Bonchev–Trinajstić information content (AvgIpc) is 2.83. The third kappa shape index (κ3) is 3.66. The van der Waals surface area contributed by atoms with Crippen LogP contribution < -0.4 is 10.1 Å². The zero-order valence-electron chi connectivity index (χ0n) is 12.1. The molecule has 0 saturated heterocycles. The van der Waals surface area contributed by atoms with Crippen LogP contribution in [0.15, 0.2) is 30.6 Å². The quantitative estimate of drug-likeness (QED) is 0.851. The van der Waals surface area contributed by atoms with E-state index in [4.69, 9.17) is 4.74 Å². The van der Waals surface area contributed by atoms with E-state index < -0.39 is 0 Å². The predicted molar refractivity (Wildman–Crippen MR) is 79.1 cm³/mol. The SMILES string of the molecule is COc1ccc(CNc2cnn(CC(C)C)c2)cc1O. The number of ether oxygens (including phenoxy) is 1. The Morgan fingerprint density at radius 2 is 2.20 bits per heavy atom. The first-order valence-electron chi connectivity index (χ1n) is 6.70. The van der Waals surface area contributed by atoms with Crippen molar-refractivity contribution in [2.24, 2.45) is 5.92 Å². The number of aromatic nitrogens is 2. The first-order chi connectivity index (χ1) is 9.58. The molecule has 0 amide bonds. The fraction of sp³-hybridized carbons (Fsp3) is 0.400. The Hall–Kier alpha value is -2.17. The topological polar surface area (TPSA) is 59.3 Å². The fourth-order valence-electron chi connectivity index (χ4n) is 1.98. The molecule has 108 valence electrons. The van der Waals surface area contributed by atoms with Crippen molar-refractivity contribution in [3.8, 4) is 11.5 Å². The van der Waals surface area contributed by atoms with Gasteiger partial charge in [-0.1, -0.05) is 19.9 Å². The third-order valence-corrected chi connectivity index (χ3v) is 2.93. The van der Waals surface area contributed by atoms with Gasteiger partial charge in [-0.05, 0) is 23.6 Å². The summed E-state index contributed by atoms with van der Waals surface area (Å²) in [6.45, 7) is 5.86. The molecule has 2 N–H and O–H groups in total. The molecule has 0 aliphatic carbocycles. The molecule has 0 spiro atoms. The summed E-state index contributed by atoms with van der Waals surface area (Å²) in [4.78, 5) is 0. The molecular formula is C15H21N3O2. The Morgan fingerprint density at radius 1 is 1.40 bits per heavy atom. The van der Waals surface area contributed by atoms with E-state index in [1.165, 1.54) is 7.11 Å². The maximum atomic E-state index is 9.72. The van der Waals surface area contributed by atoms with E-state index in [0.717, 1.165) is 17.8 Å². The normalized spacial score (nSPS) is 10.8. The van der Waals surface area contributed by atoms with Gasteiger partial charge >= 0.3 is 0 Å². The van der Waals surface area contributed by atoms with E-state index in [9.17, 15) is 5.11 Å². The summed E-state index contributed by atoms with van der Waals surface area (Å²) >= 11 is 0. The van der Waals surface area contributed by atoms with E-state index in [2.05, 4.69) is 24.3 Å². The van der Waals surface area contributed by atoms with Crippen molar-refractivity contribution in [2.75, 3.05) is 12.4 Å². The lowest BCUT2D eigenvalue weighted by Gasteiger charge is -2.07. The van der Waals surface area contributed by atoms with Crippen LogP contribution in [0.25, 0.3) is 0 Å². The molecule has 1 aromatic heterocycles. The zero-order chi connectivity index (χ0) is 14.5. The lowest BCUT2D eigenvalue weighted by molar-refractivity contribution is 0.373. The molecule has 5 heteroatoms. The van der Waals surface area contributed by atoms with E-state index in [1.807, 2.05) is 23.1 Å². The summed E-state index contributed by atoms with van der Waals surface area (Å²) in [5.41, 5.74) is 1.96. The van der Waals surface area contributed by atoms with Crippen LogP contribution in [0, 0.1) is 5.92 Å². The first-order valence-corrected chi connectivity index (χ1v) is 6.70. The number of hydrogen-bond acceptors (Lipinski definition) is 4. The Balaban J connectivity index is 1.94. The van der Waals surface area contributed by atoms with Gasteiger partial charge in [0.1, 0.15) is 0 Å². The molecule has 0 saturated carbocycles. The molecule has 1 aromatic carbocycles. The van der Waals surface area contributed by atoms with Crippen molar-refractivity contribution < 1.29 is 9.84 Å². The first kappa shape index (κ1) is 14.2. The van der Waals surface area contributed by atoms with Crippen LogP contribution in [-0.4, -0.2) is 22.0 Å². The van der Waals surface area contributed by atoms with Crippen molar-refractivity contribution in [3.05, 3.63) is 36.2 Å². The number of rotatable bonds is 6. The molecule has 20 heavy (non-hydrogen) atoms. The monoisotopic (exact) mass is 275 g/mol. The van der Waals surface area contributed by atoms with Crippen LogP contribution in [0.4, 0.5) is 5.69 Å². The Bertz CT molecular complexity index is 564. The van der Waals surface area contributed by atoms with Crippen LogP contribution in [0.2, 0.25) is 0 Å². The summed E-state index contributed by atoms with van der Waals surface area (Å²) in [6, 6.07) is 5.38. The highest BCUT2D eigenvalue weighted by Crippen LogP contribution is 2.26. The van der Waals surface area contributed by atoms with Crippen LogP contribution in [0.3, 0.4) is 0 Å². The number of phenols is 1. The molecule has 0 bridgehead atoms. The van der Waals surface area contributed by atoms with Crippen molar-refractivity contribution in [3.63, 3.8) is 0 Å². The van der Waals surface area contributed by atoms with Crippen molar-refractivity contribution in [2.45, 2.75) is 26.9 Å². The lowest BCUT2D eigenvalue weighted by atomic mass is 10.2. The summed E-state index contributed by atoms with van der Waals surface area (Å²) in [6.07, 6.45) is 3.80. The number of hydrogen-bond donors (Lipinski definition) is 2. The molecule has 0 radical (unpaired) electrons. The average molecular weight is 275 g/mol. The molecule has 0 fully saturated rings.